The van der Waals surface area contributed by atoms with E-state index in [1.165, 1.54) is 40.9 Å². The number of rotatable bonds is 1. The van der Waals surface area contributed by atoms with E-state index in [0.29, 0.717) is 15.6 Å². The molecule has 1 aliphatic heterocycles. The molecule has 4 rings (SSSR count). The van der Waals surface area contributed by atoms with Gasteiger partial charge in [0, 0.05) is 14.8 Å². The van der Waals surface area contributed by atoms with Crippen molar-refractivity contribution in [1.82, 2.24) is 0 Å². The highest BCUT2D eigenvalue weighted by molar-refractivity contribution is 7.99. The number of carbonyl (C=O) groups excluding carboxylic acids is 1. The Morgan fingerprint density at radius 3 is 2.32 bits per heavy atom. The summed E-state index contributed by atoms with van der Waals surface area (Å²) in [7, 11) is 0. The molecule has 0 saturated heterocycles. The zero-order valence-corrected chi connectivity index (χ0v) is 16.3. The average Bonchev–Trinajstić information content (AvgIpc) is 2.64. The number of anilines is 2. The standard InChI is InChI=1S/C20H10Cl2F3NOS/c21-12-6-7-13(14(22)10-12)19(27)26-15-3-1-2-4-17(15)28-18-8-5-11(9-16(18)26)20(23,24)25/h1-10H. The second kappa shape index (κ2) is 7.03. The van der Waals surface area contributed by atoms with Crippen molar-refractivity contribution >= 4 is 52.2 Å². The monoisotopic (exact) mass is 439 g/mol. The van der Waals surface area contributed by atoms with Crippen LogP contribution in [0.4, 0.5) is 24.5 Å². The van der Waals surface area contributed by atoms with Gasteiger partial charge in [-0.1, -0.05) is 47.1 Å². The predicted molar refractivity (Wildman–Crippen MR) is 105 cm³/mol. The summed E-state index contributed by atoms with van der Waals surface area (Å²) in [5, 5.41) is 0.484. The number of amides is 1. The summed E-state index contributed by atoms with van der Waals surface area (Å²) in [4.78, 5) is 15.9. The van der Waals surface area contributed by atoms with Crippen molar-refractivity contribution in [3.63, 3.8) is 0 Å². The van der Waals surface area contributed by atoms with Gasteiger partial charge in [-0.2, -0.15) is 13.2 Å². The Balaban J connectivity index is 1.92. The number of hydrogen-bond acceptors (Lipinski definition) is 2. The van der Waals surface area contributed by atoms with Crippen LogP contribution in [0.25, 0.3) is 0 Å². The average molecular weight is 440 g/mol. The van der Waals surface area contributed by atoms with Crippen molar-refractivity contribution in [3.05, 3.63) is 81.8 Å². The molecular formula is C20H10Cl2F3NOS. The quantitative estimate of drug-likeness (QED) is 0.392. The molecule has 2 nitrogen and oxygen atoms in total. The molecular weight excluding hydrogens is 430 g/mol. The van der Waals surface area contributed by atoms with Crippen molar-refractivity contribution < 1.29 is 18.0 Å². The molecule has 0 unspecified atom stereocenters. The molecule has 0 aliphatic carbocycles. The van der Waals surface area contributed by atoms with E-state index in [-0.39, 0.29) is 16.3 Å². The number of alkyl halides is 3. The molecule has 0 fully saturated rings. The van der Waals surface area contributed by atoms with E-state index in [0.717, 1.165) is 17.0 Å². The molecule has 1 heterocycles. The second-order valence-electron chi connectivity index (χ2n) is 6.01. The molecule has 142 valence electrons. The van der Waals surface area contributed by atoms with Gasteiger partial charge in [-0.25, -0.2) is 0 Å². The molecule has 0 atom stereocenters. The molecule has 1 aliphatic rings. The number of para-hydroxylation sites is 1. The summed E-state index contributed by atoms with van der Waals surface area (Å²) in [6.45, 7) is 0. The minimum atomic E-state index is -4.52. The van der Waals surface area contributed by atoms with E-state index in [1.54, 1.807) is 18.2 Å². The lowest BCUT2D eigenvalue weighted by molar-refractivity contribution is -0.137. The highest BCUT2D eigenvalue weighted by atomic mass is 35.5. The maximum Gasteiger partial charge on any atom is 0.416 e. The molecule has 3 aromatic carbocycles. The zero-order valence-electron chi connectivity index (χ0n) is 13.9. The number of fused-ring (bicyclic) bond motifs is 2. The van der Waals surface area contributed by atoms with Crippen LogP contribution in [0.5, 0.6) is 0 Å². The van der Waals surface area contributed by atoms with Gasteiger partial charge in [-0.3, -0.25) is 9.69 Å². The molecule has 0 aromatic heterocycles. The highest BCUT2D eigenvalue weighted by Crippen LogP contribution is 2.50. The van der Waals surface area contributed by atoms with Gasteiger partial charge in [0.25, 0.3) is 5.91 Å². The minimum absolute atomic E-state index is 0.127. The van der Waals surface area contributed by atoms with Gasteiger partial charge in [0.15, 0.2) is 0 Å². The molecule has 0 radical (unpaired) electrons. The maximum absolute atomic E-state index is 13.3. The van der Waals surface area contributed by atoms with Crippen molar-refractivity contribution in [2.24, 2.45) is 0 Å². The topological polar surface area (TPSA) is 20.3 Å². The fourth-order valence-electron chi connectivity index (χ4n) is 2.93. The van der Waals surface area contributed by atoms with Crippen molar-refractivity contribution in [1.29, 1.82) is 0 Å². The summed E-state index contributed by atoms with van der Waals surface area (Å²) in [5.74, 6) is -0.532. The summed E-state index contributed by atoms with van der Waals surface area (Å²) in [6.07, 6.45) is -4.52. The minimum Gasteiger partial charge on any atom is -0.275 e. The Labute approximate surface area is 172 Å². The Kier molecular flexibility index (Phi) is 4.81. The predicted octanol–water partition coefficient (Wildman–Crippen LogP) is 7.46. The van der Waals surface area contributed by atoms with E-state index in [9.17, 15) is 18.0 Å². The van der Waals surface area contributed by atoms with Gasteiger partial charge in [0.05, 0.1) is 27.5 Å². The lowest BCUT2D eigenvalue weighted by Crippen LogP contribution is -2.29. The zero-order chi connectivity index (χ0) is 20.1. The Bertz CT molecular complexity index is 1100. The third-order valence-electron chi connectivity index (χ3n) is 4.22. The first kappa shape index (κ1) is 19.2. The normalized spacial score (nSPS) is 13.1. The van der Waals surface area contributed by atoms with Gasteiger partial charge >= 0.3 is 6.18 Å². The number of halogens is 5. The van der Waals surface area contributed by atoms with Crippen molar-refractivity contribution in [2.45, 2.75) is 16.0 Å². The Morgan fingerprint density at radius 1 is 0.893 bits per heavy atom. The van der Waals surface area contributed by atoms with E-state index < -0.39 is 17.6 Å². The van der Waals surface area contributed by atoms with Crippen LogP contribution in [0, 0.1) is 0 Å². The van der Waals surface area contributed by atoms with Crippen LogP contribution in [0.3, 0.4) is 0 Å². The van der Waals surface area contributed by atoms with Crippen LogP contribution in [0.1, 0.15) is 15.9 Å². The summed E-state index contributed by atoms with van der Waals surface area (Å²) in [5.41, 5.74) is -0.0211. The van der Waals surface area contributed by atoms with E-state index >= 15 is 0 Å². The first-order valence-electron chi connectivity index (χ1n) is 8.03. The van der Waals surface area contributed by atoms with Crippen molar-refractivity contribution in [3.8, 4) is 0 Å². The lowest BCUT2D eigenvalue weighted by atomic mass is 10.1. The number of carbonyl (C=O) groups is 1. The summed E-state index contributed by atoms with van der Waals surface area (Å²) < 4.78 is 39.8. The SMILES string of the molecule is O=C(c1ccc(Cl)cc1Cl)N1c2ccccc2Sc2ccc(C(F)(F)F)cc21. The fourth-order valence-corrected chi connectivity index (χ4v) is 4.46. The smallest absolute Gasteiger partial charge is 0.275 e. The maximum atomic E-state index is 13.3. The molecule has 1 amide bonds. The van der Waals surface area contributed by atoms with Gasteiger partial charge in [-0.05, 0) is 48.5 Å². The molecule has 0 N–H and O–H groups in total. The van der Waals surface area contributed by atoms with Gasteiger partial charge in [-0.15, -0.1) is 0 Å². The van der Waals surface area contributed by atoms with E-state index in [4.69, 9.17) is 23.2 Å². The van der Waals surface area contributed by atoms with Crippen LogP contribution in [-0.2, 0) is 6.18 Å². The van der Waals surface area contributed by atoms with Crippen LogP contribution >= 0.6 is 35.0 Å². The Morgan fingerprint density at radius 2 is 1.61 bits per heavy atom. The third-order valence-corrected chi connectivity index (χ3v) is 5.90. The van der Waals surface area contributed by atoms with Crippen LogP contribution in [0.2, 0.25) is 10.0 Å². The van der Waals surface area contributed by atoms with Gasteiger partial charge in [0.1, 0.15) is 0 Å². The summed E-state index contributed by atoms with van der Waals surface area (Å²) >= 11 is 13.4. The van der Waals surface area contributed by atoms with Crippen LogP contribution in [0.15, 0.2) is 70.5 Å². The number of hydrogen-bond donors (Lipinski definition) is 0. The van der Waals surface area contributed by atoms with Gasteiger partial charge < -0.3 is 0 Å². The van der Waals surface area contributed by atoms with E-state index in [2.05, 4.69) is 0 Å². The first-order valence-corrected chi connectivity index (χ1v) is 9.60. The van der Waals surface area contributed by atoms with Crippen LogP contribution < -0.4 is 4.90 Å². The first-order chi connectivity index (χ1) is 13.3. The number of benzene rings is 3. The van der Waals surface area contributed by atoms with Gasteiger partial charge in [0.2, 0.25) is 0 Å². The highest BCUT2D eigenvalue weighted by Gasteiger charge is 2.35. The molecule has 0 spiro atoms. The second-order valence-corrected chi connectivity index (χ2v) is 7.94. The fraction of sp³-hybridized carbons (Fsp3) is 0.0500. The van der Waals surface area contributed by atoms with Crippen LogP contribution in [-0.4, -0.2) is 5.91 Å². The number of nitrogens with zero attached hydrogens (tertiary/aromatic N) is 1. The Hall–Kier alpha value is -2.15. The lowest BCUT2D eigenvalue weighted by Gasteiger charge is -2.32. The van der Waals surface area contributed by atoms with E-state index in [1.807, 2.05) is 6.07 Å². The summed E-state index contributed by atoms with van der Waals surface area (Å²) in [6, 6.07) is 14.8. The largest absolute Gasteiger partial charge is 0.416 e. The molecule has 3 aromatic rings. The molecule has 0 bridgehead atoms. The molecule has 0 saturated carbocycles. The van der Waals surface area contributed by atoms with Crippen molar-refractivity contribution in [2.75, 3.05) is 4.90 Å². The third kappa shape index (κ3) is 3.36. The molecule has 28 heavy (non-hydrogen) atoms. The molecule has 8 heteroatoms.